The number of nitrogens with one attached hydrogen (secondary N) is 1. The van der Waals surface area contributed by atoms with Crippen LogP contribution >= 0.6 is 11.6 Å². The molecular weight excluding hydrogens is 424 g/mol. The van der Waals surface area contributed by atoms with Crippen LogP contribution in [0.4, 0.5) is 11.6 Å². The summed E-state index contributed by atoms with van der Waals surface area (Å²) in [5, 5.41) is 9.73. The first-order valence-electron chi connectivity index (χ1n) is 11.7. The first kappa shape index (κ1) is 19.3. The first-order valence-corrected chi connectivity index (χ1v) is 12.1. The summed E-state index contributed by atoms with van der Waals surface area (Å²) in [7, 11) is 0. The summed E-state index contributed by atoms with van der Waals surface area (Å²) in [5.41, 5.74) is 4.30. The van der Waals surface area contributed by atoms with Crippen LogP contribution in [0.1, 0.15) is 48.9 Å². The Labute approximate surface area is 192 Å². The maximum absolute atomic E-state index is 6.77. The molecule has 4 heterocycles. The lowest BCUT2D eigenvalue weighted by Gasteiger charge is -2.41. The standard InChI is InChI=1S/C24H27ClN6O/c1-13-23(9-27-31(13)16-2-3-16)29-24-26-8-14-5-21(25)20(7-22(14)28-24)19-6-17-4-15(19)10-30(17)18-11-32-12-18/h5,7-9,15-19H,2-4,6,10-12H2,1H3,(H,26,28,29)/t15-,17?,19?/m1/s1. The first-order chi connectivity index (χ1) is 15.6. The molecule has 4 fully saturated rings. The molecule has 2 unspecified atom stereocenters. The van der Waals surface area contributed by atoms with Crippen LogP contribution in [0, 0.1) is 12.8 Å². The molecule has 166 valence electrons. The number of fused-ring (bicyclic) bond motifs is 3. The minimum atomic E-state index is 0.513. The molecule has 32 heavy (non-hydrogen) atoms. The molecule has 2 bridgehead atoms. The second-order valence-electron chi connectivity index (χ2n) is 9.95. The SMILES string of the molecule is Cc1c(Nc2ncc3cc(Cl)c(C4CC5C[C@@H]4CN5C4COC4)cc3n2)cnn1C1CC1. The van der Waals surface area contributed by atoms with Crippen LogP contribution in [0.3, 0.4) is 0 Å². The molecule has 2 aromatic heterocycles. The zero-order chi connectivity index (χ0) is 21.4. The van der Waals surface area contributed by atoms with Crippen molar-refractivity contribution in [3.05, 3.63) is 40.8 Å². The molecule has 2 aliphatic heterocycles. The molecule has 7 rings (SSSR count). The number of rotatable bonds is 5. The van der Waals surface area contributed by atoms with Gasteiger partial charge >= 0.3 is 0 Å². The Hall–Kier alpha value is -2.22. The Morgan fingerprint density at radius 2 is 1.97 bits per heavy atom. The highest BCUT2D eigenvalue weighted by Crippen LogP contribution is 2.50. The summed E-state index contributed by atoms with van der Waals surface area (Å²) in [6.45, 7) is 5.06. The fourth-order valence-corrected chi connectivity index (χ4v) is 6.31. The Bertz CT molecular complexity index is 1200. The van der Waals surface area contributed by atoms with Gasteiger partial charge in [-0.25, -0.2) is 9.97 Å². The predicted molar refractivity (Wildman–Crippen MR) is 124 cm³/mol. The van der Waals surface area contributed by atoms with E-state index in [-0.39, 0.29) is 0 Å². The van der Waals surface area contributed by atoms with Gasteiger partial charge in [0, 0.05) is 29.2 Å². The van der Waals surface area contributed by atoms with Crippen molar-refractivity contribution in [1.29, 1.82) is 0 Å². The third-order valence-electron chi connectivity index (χ3n) is 7.96. The van der Waals surface area contributed by atoms with E-state index in [1.807, 2.05) is 18.5 Å². The van der Waals surface area contributed by atoms with Crippen LogP contribution in [0.2, 0.25) is 5.02 Å². The van der Waals surface area contributed by atoms with E-state index in [2.05, 4.69) is 38.0 Å². The van der Waals surface area contributed by atoms with E-state index in [0.29, 0.717) is 35.9 Å². The van der Waals surface area contributed by atoms with Gasteiger partial charge in [0.1, 0.15) is 0 Å². The van der Waals surface area contributed by atoms with Crippen molar-refractivity contribution in [2.24, 2.45) is 5.92 Å². The number of likely N-dealkylation sites (tertiary alicyclic amines) is 1. The number of nitrogens with zero attached hydrogens (tertiary/aromatic N) is 5. The number of hydrogen-bond donors (Lipinski definition) is 1. The van der Waals surface area contributed by atoms with E-state index in [9.17, 15) is 0 Å². The number of ether oxygens (including phenoxy) is 1. The summed E-state index contributed by atoms with van der Waals surface area (Å²) in [5.74, 6) is 1.79. The van der Waals surface area contributed by atoms with Crippen molar-refractivity contribution in [3.63, 3.8) is 0 Å². The number of anilines is 2. The molecule has 3 atom stereocenters. The molecule has 2 saturated heterocycles. The van der Waals surface area contributed by atoms with Crippen molar-refractivity contribution in [2.45, 2.75) is 56.7 Å². The topological polar surface area (TPSA) is 68.1 Å². The number of halogens is 1. The monoisotopic (exact) mass is 450 g/mol. The quantitative estimate of drug-likeness (QED) is 0.619. The highest BCUT2D eigenvalue weighted by molar-refractivity contribution is 6.32. The van der Waals surface area contributed by atoms with E-state index in [1.165, 1.54) is 37.8 Å². The van der Waals surface area contributed by atoms with Crippen LogP contribution in [-0.2, 0) is 4.74 Å². The average molecular weight is 451 g/mol. The Morgan fingerprint density at radius 3 is 2.69 bits per heavy atom. The fourth-order valence-electron chi connectivity index (χ4n) is 6.00. The Kier molecular flexibility index (Phi) is 4.30. The second-order valence-corrected chi connectivity index (χ2v) is 10.4. The van der Waals surface area contributed by atoms with Gasteiger partial charge in [-0.3, -0.25) is 9.58 Å². The number of benzene rings is 1. The minimum absolute atomic E-state index is 0.513. The van der Waals surface area contributed by atoms with Crippen molar-refractivity contribution in [2.75, 3.05) is 25.1 Å². The molecule has 1 aromatic carbocycles. The van der Waals surface area contributed by atoms with Gasteiger partial charge in [-0.1, -0.05) is 11.6 Å². The van der Waals surface area contributed by atoms with Crippen molar-refractivity contribution < 1.29 is 4.74 Å². The van der Waals surface area contributed by atoms with Crippen LogP contribution in [-0.4, -0.2) is 56.5 Å². The zero-order valence-corrected chi connectivity index (χ0v) is 18.9. The van der Waals surface area contributed by atoms with Crippen molar-refractivity contribution >= 4 is 34.1 Å². The molecule has 1 N–H and O–H groups in total. The van der Waals surface area contributed by atoms with E-state index >= 15 is 0 Å². The summed E-state index contributed by atoms with van der Waals surface area (Å²) in [4.78, 5) is 12.0. The summed E-state index contributed by atoms with van der Waals surface area (Å²) >= 11 is 6.77. The van der Waals surface area contributed by atoms with E-state index in [1.54, 1.807) is 0 Å². The lowest BCUT2D eigenvalue weighted by Crippen LogP contribution is -2.52. The van der Waals surface area contributed by atoms with Gasteiger partial charge in [0.05, 0.1) is 48.4 Å². The summed E-state index contributed by atoms with van der Waals surface area (Å²) in [6.07, 6.45) is 8.63. The molecule has 2 aliphatic carbocycles. The van der Waals surface area contributed by atoms with Gasteiger partial charge in [-0.15, -0.1) is 0 Å². The maximum atomic E-state index is 6.77. The van der Waals surface area contributed by atoms with E-state index in [4.69, 9.17) is 21.3 Å². The van der Waals surface area contributed by atoms with E-state index < -0.39 is 0 Å². The van der Waals surface area contributed by atoms with Gasteiger partial charge in [-0.05, 0) is 62.1 Å². The smallest absolute Gasteiger partial charge is 0.227 e. The van der Waals surface area contributed by atoms with Gasteiger partial charge in [0.2, 0.25) is 5.95 Å². The van der Waals surface area contributed by atoms with Crippen LogP contribution < -0.4 is 5.32 Å². The second kappa shape index (κ2) is 7.14. The predicted octanol–water partition coefficient (Wildman–Crippen LogP) is 4.44. The van der Waals surface area contributed by atoms with Crippen LogP contribution in [0.5, 0.6) is 0 Å². The average Bonchev–Trinajstić information content (AvgIpc) is 3.24. The molecule has 7 nitrogen and oxygen atoms in total. The number of piperidine rings is 1. The Balaban J connectivity index is 1.16. The molecule has 0 amide bonds. The largest absolute Gasteiger partial charge is 0.378 e. The maximum Gasteiger partial charge on any atom is 0.227 e. The number of hydrogen-bond acceptors (Lipinski definition) is 6. The van der Waals surface area contributed by atoms with Gasteiger partial charge in [0.25, 0.3) is 0 Å². The van der Waals surface area contributed by atoms with Gasteiger partial charge in [-0.2, -0.15) is 5.10 Å². The highest BCUT2D eigenvalue weighted by atomic mass is 35.5. The lowest BCUT2D eigenvalue weighted by molar-refractivity contribution is -0.0755. The molecular formula is C24H27ClN6O. The normalized spacial score (nSPS) is 27.9. The molecule has 4 aliphatic rings. The molecule has 0 spiro atoms. The van der Waals surface area contributed by atoms with Crippen molar-refractivity contribution in [1.82, 2.24) is 24.6 Å². The third-order valence-corrected chi connectivity index (χ3v) is 8.28. The molecule has 8 heteroatoms. The number of aromatic nitrogens is 4. The van der Waals surface area contributed by atoms with E-state index in [0.717, 1.165) is 40.5 Å². The molecule has 3 aromatic rings. The minimum Gasteiger partial charge on any atom is -0.378 e. The van der Waals surface area contributed by atoms with Crippen LogP contribution in [0.25, 0.3) is 10.9 Å². The molecule has 0 radical (unpaired) electrons. The zero-order valence-electron chi connectivity index (χ0n) is 18.2. The fraction of sp³-hybridized carbons (Fsp3) is 0.542. The summed E-state index contributed by atoms with van der Waals surface area (Å²) < 4.78 is 7.53. The molecule has 2 saturated carbocycles. The Morgan fingerprint density at radius 1 is 1.09 bits per heavy atom. The summed E-state index contributed by atoms with van der Waals surface area (Å²) in [6, 6.07) is 6.09. The van der Waals surface area contributed by atoms with Crippen molar-refractivity contribution in [3.8, 4) is 0 Å². The highest BCUT2D eigenvalue weighted by Gasteiger charge is 2.48. The van der Waals surface area contributed by atoms with Gasteiger partial charge < -0.3 is 10.1 Å². The van der Waals surface area contributed by atoms with Crippen LogP contribution in [0.15, 0.2) is 24.5 Å². The lowest BCUT2D eigenvalue weighted by atomic mass is 9.86. The van der Waals surface area contributed by atoms with Gasteiger partial charge in [0.15, 0.2) is 0 Å². The third kappa shape index (κ3) is 3.05.